The molecule has 1 atom stereocenters. The van der Waals surface area contributed by atoms with Crippen molar-refractivity contribution >= 4 is 5.97 Å². The van der Waals surface area contributed by atoms with Crippen LogP contribution < -0.4 is 5.32 Å². The van der Waals surface area contributed by atoms with E-state index in [1.165, 1.54) is 0 Å². The molecule has 4 nitrogen and oxygen atoms in total. The SMILES string of the molecule is CCOC(=O)C1(Cc2ccncc2)CCCNC1. The molecule has 4 heteroatoms. The minimum absolute atomic E-state index is 0.0750. The minimum Gasteiger partial charge on any atom is -0.466 e. The van der Waals surface area contributed by atoms with Crippen molar-refractivity contribution in [2.75, 3.05) is 19.7 Å². The first-order valence-electron chi connectivity index (χ1n) is 6.54. The molecule has 1 fully saturated rings. The van der Waals surface area contributed by atoms with Crippen LogP contribution in [-0.4, -0.2) is 30.6 Å². The van der Waals surface area contributed by atoms with Gasteiger partial charge in [0, 0.05) is 18.9 Å². The van der Waals surface area contributed by atoms with Crippen LogP contribution in [-0.2, 0) is 16.0 Å². The van der Waals surface area contributed by atoms with E-state index < -0.39 is 5.41 Å². The number of ether oxygens (including phenoxy) is 1. The third-order valence-electron chi connectivity index (χ3n) is 3.47. The fraction of sp³-hybridized carbons (Fsp3) is 0.571. The molecule has 1 unspecified atom stereocenters. The van der Waals surface area contributed by atoms with Crippen LogP contribution in [0, 0.1) is 5.41 Å². The number of carbonyl (C=O) groups excluding carboxylic acids is 1. The van der Waals surface area contributed by atoms with Crippen molar-refractivity contribution < 1.29 is 9.53 Å². The molecule has 1 saturated heterocycles. The molecule has 1 aliphatic heterocycles. The van der Waals surface area contributed by atoms with Gasteiger partial charge in [-0.3, -0.25) is 9.78 Å². The topological polar surface area (TPSA) is 51.2 Å². The van der Waals surface area contributed by atoms with Gasteiger partial charge >= 0.3 is 5.97 Å². The highest BCUT2D eigenvalue weighted by Gasteiger charge is 2.40. The lowest BCUT2D eigenvalue weighted by Gasteiger charge is -2.35. The fourth-order valence-corrected chi connectivity index (χ4v) is 2.54. The number of hydrogen-bond donors (Lipinski definition) is 1. The molecule has 98 valence electrons. The molecule has 1 N–H and O–H groups in total. The van der Waals surface area contributed by atoms with E-state index in [0.29, 0.717) is 13.2 Å². The van der Waals surface area contributed by atoms with Crippen LogP contribution in [0.1, 0.15) is 25.3 Å². The number of rotatable bonds is 4. The van der Waals surface area contributed by atoms with Gasteiger partial charge in [0.25, 0.3) is 0 Å². The maximum Gasteiger partial charge on any atom is 0.313 e. The summed E-state index contributed by atoms with van der Waals surface area (Å²) < 4.78 is 5.26. The van der Waals surface area contributed by atoms with Crippen molar-refractivity contribution in [3.63, 3.8) is 0 Å². The van der Waals surface area contributed by atoms with E-state index in [4.69, 9.17) is 4.74 Å². The molecular weight excluding hydrogens is 228 g/mol. The van der Waals surface area contributed by atoms with Crippen molar-refractivity contribution in [3.05, 3.63) is 30.1 Å². The van der Waals surface area contributed by atoms with Crippen LogP contribution in [0.4, 0.5) is 0 Å². The molecule has 18 heavy (non-hydrogen) atoms. The van der Waals surface area contributed by atoms with E-state index in [1.54, 1.807) is 12.4 Å². The van der Waals surface area contributed by atoms with Crippen LogP contribution >= 0.6 is 0 Å². The lowest BCUT2D eigenvalue weighted by atomic mass is 9.76. The molecule has 0 saturated carbocycles. The Kier molecular flexibility index (Phi) is 4.31. The second kappa shape index (κ2) is 5.96. The van der Waals surface area contributed by atoms with E-state index >= 15 is 0 Å². The number of piperidine rings is 1. The number of hydrogen-bond acceptors (Lipinski definition) is 4. The molecule has 1 aliphatic rings. The summed E-state index contributed by atoms with van der Waals surface area (Å²) in [4.78, 5) is 16.3. The summed E-state index contributed by atoms with van der Waals surface area (Å²) in [5, 5.41) is 3.32. The molecule has 0 aliphatic carbocycles. The standard InChI is InChI=1S/C14H20N2O2/c1-2-18-13(17)14(6-3-7-16-11-14)10-12-4-8-15-9-5-12/h4-5,8-9,16H,2-3,6-7,10-11H2,1H3. The Morgan fingerprint density at radius 1 is 1.50 bits per heavy atom. The van der Waals surface area contributed by atoms with E-state index in [-0.39, 0.29) is 5.97 Å². The smallest absolute Gasteiger partial charge is 0.313 e. The first-order valence-corrected chi connectivity index (χ1v) is 6.54. The quantitative estimate of drug-likeness (QED) is 0.822. The monoisotopic (exact) mass is 248 g/mol. The van der Waals surface area contributed by atoms with Crippen molar-refractivity contribution in [3.8, 4) is 0 Å². The third-order valence-corrected chi connectivity index (χ3v) is 3.47. The van der Waals surface area contributed by atoms with Crippen molar-refractivity contribution in [1.82, 2.24) is 10.3 Å². The Morgan fingerprint density at radius 3 is 2.89 bits per heavy atom. The maximum atomic E-state index is 12.2. The lowest BCUT2D eigenvalue weighted by molar-refractivity contribution is -0.156. The molecule has 0 bridgehead atoms. The van der Waals surface area contributed by atoms with E-state index in [1.807, 2.05) is 19.1 Å². The zero-order valence-electron chi connectivity index (χ0n) is 10.8. The summed E-state index contributed by atoms with van der Waals surface area (Å²) in [5.41, 5.74) is 0.733. The van der Waals surface area contributed by atoms with E-state index in [9.17, 15) is 4.79 Å². The van der Waals surface area contributed by atoms with Gasteiger partial charge in [-0.05, 0) is 50.4 Å². The Bertz CT molecular complexity index is 386. The second-order valence-electron chi connectivity index (χ2n) is 4.81. The zero-order chi connectivity index (χ0) is 12.8. The number of nitrogens with one attached hydrogen (secondary N) is 1. The Hall–Kier alpha value is -1.42. The molecule has 1 aromatic rings. The van der Waals surface area contributed by atoms with Crippen molar-refractivity contribution in [2.45, 2.75) is 26.2 Å². The highest BCUT2D eigenvalue weighted by Crippen LogP contribution is 2.32. The highest BCUT2D eigenvalue weighted by molar-refractivity contribution is 5.77. The zero-order valence-corrected chi connectivity index (χ0v) is 10.8. The minimum atomic E-state index is -0.407. The molecule has 0 aromatic carbocycles. The Balaban J connectivity index is 2.16. The van der Waals surface area contributed by atoms with Gasteiger partial charge in [0.1, 0.15) is 0 Å². The Morgan fingerprint density at radius 2 is 2.28 bits per heavy atom. The predicted molar refractivity (Wildman–Crippen MR) is 69.1 cm³/mol. The Labute approximate surface area is 108 Å². The van der Waals surface area contributed by atoms with Gasteiger partial charge in [0.15, 0.2) is 0 Å². The number of aromatic nitrogens is 1. The van der Waals surface area contributed by atoms with E-state index in [2.05, 4.69) is 10.3 Å². The third kappa shape index (κ3) is 2.88. The van der Waals surface area contributed by atoms with Gasteiger partial charge < -0.3 is 10.1 Å². The first kappa shape index (κ1) is 13.0. The van der Waals surface area contributed by atoms with Gasteiger partial charge in [0.05, 0.1) is 12.0 Å². The lowest BCUT2D eigenvalue weighted by Crippen LogP contribution is -2.47. The fourth-order valence-electron chi connectivity index (χ4n) is 2.54. The number of carbonyl (C=O) groups is 1. The highest BCUT2D eigenvalue weighted by atomic mass is 16.5. The van der Waals surface area contributed by atoms with E-state index in [0.717, 1.165) is 31.4 Å². The molecule has 0 amide bonds. The average molecular weight is 248 g/mol. The number of nitrogens with zero attached hydrogens (tertiary/aromatic N) is 1. The normalized spacial score (nSPS) is 23.6. The van der Waals surface area contributed by atoms with Crippen molar-refractivity contribution in [1.29, 1.82) is 0 Å². The largest absolute Gasteiger partial charge is 0.466 e. The van der Waals surface area contributed by atoms with Crippen LogP contribution in [0.3, 0.4) is 0 Å². The van der Waals surface area contributed by atoms with Gasteiger partial charge in [-0.25, -0.2) is 0 Å². The van der Waals surface area contributed by atoms with Crippen molar-refractivity contribution in [2.24, 2.45) is 5.41 Å². The van der Waals surface area contributed by atoms with Gasteiger partial charge in [0.2, 0.25) is 0 Å². The number of esters is 1. The summed E-state index contributed by atoms with van der Waals surface area (Å²) in [6, 6.07) is 3.94. The molecule has 2 heterocycles. The molecule has 1 aromatic heterocycles. The first-order chi connectivity index (χ1) is 8.77. The average Bonchev–Trinajstić information content (AvgIpc) is 2.41. The summed E-state index contributed by atoms with van der Waals surface area (Å²) >= 11 is 0. The molecular formula is C14H20N2O2. The van der Waals surface area contributed by atoms with Gasteiger partial charge in [-0.2, -0.15) is 0 Å². The van der Waals surface area contributed by atoms with Crippen LogP contribution in [0.15, 0.2) is 24.5 Å². The van der Waals surface area contributed by atoms with Crippen LogP contribution in [0.5, 0.6) is 0 Å². The van der Waals surface area contributed by atoms with Gasteiger partial charge in [-0.15, -0.1) is 0 Å². The van der Waals surface area contributed by atoms with Crippen LogP contribution in [0.25, 0.3) is 0 Å². The number of pyridine rings is 1. The summed E-state index contributed by atoms with van der Waals surface area (Å²) in [6.45, 7) is 3.98. The summed E-state index contributed by atoms with van der Waals surface area (Å²) in [5.74, 6) is -0.0750. The second-order valence-corrected chi connectivity index (χ2v) is 4.81. The summed E-state index contributed by atoms with van der Waals surface area (Å²) in [6.07, 6.45) is 6.17. The predicted octanol–water partition coefficient (Wildman–Crippen LogP) is 1.56. The van der Waals surface area contributed by atoms with Gasteiger partial charge in [-0.1, -0.05) is 0 Å². The molecule has 0 spiro atoms. The summed E-state index contributed by atoms with van der Waals surface area (Å²) in [7, 11) is 0. The maximum absolute atomic E-state index is 12.2. The molecule has 2 rings (SSSR count). The molecule has 0 radical (unpaired) electrons. The van der Waals surface area contributed by atoms with Crippen LogP contribution in [0.2, 0.25) is 0 Å².